The predicted octanol–water partition coefficient (Wildman–Crippen LogP) is 2.75. The number of nitrogens with zero attached hydrogens (tertiary/aromatic N) is 2. The smallest absolute Gasteiger partial charge is 0.195 e. The molecule has 0 amide bonds. The van der Waals surface area contributed by atoms with E-state index in [2.05, 4.69) is 15.9 Å². The zero-order chi connectivity index (χ0) is 13.7. The third-order valence-corrected chi connectivity index (χ3v) is 6.75. The Morgan fingerprint density at radius 3 is 2.21 bits per heavy atom. The van der Waals surface area contributed by atoms with Gasteiger partial charge in [-0.05, 0) is 32.1 Å². The molecule has 0 radical (unpaired) electrons. The maximum Gasteiger partial charge on any atom is 0.282 e. The van der Waals surface area contributed by atoms with E-state index in [4.69, 9.17) is 0 Å². The molecule has 0 bridgehead atoms. The lowest BCUT2D eigenvalue weighted by Gasteiger charge is -2.37. The van der Waals surface area contributed by atoms with E-state index in [1.807, 2.05) is 0 Å². The molecule has 0 aromatic heterocycles. The summed E-state index contributed by atoms with van der Waals surface area (Å²) in [4.78, 5) is 0. The fraction of sp³-hybridized carbons (Fsp3) is 1.00. The van der Waals surface area contributed by atoms with E-state index >= 15 is 0 Å². The lowest BCUT2D eigenvalue weighted by Crippen LogP contribution is -2.51. The third-order valence-electron chi connectivity index (χ3n) is 4.20. The van der Waals surface area contributed by atoms with Crippen LogP contribution in [0.5, 0.6) is 0 Å². The molecule has 1 unspecified atom stereocenters. The van der Waals surface area contributed by atoms with Gasteiger partial charge in [-0.2, -0.15) is 17.0 Å². The topological polar surface area (TPSA) is 40.6 Å². The molecule has 2 aliphatic rings. The van der Waals surface area contributed by atoms with Gasteiger partial charge in [0.05, 0.1) is 0 Å². The van der Waals surface area contributed by atoms with E-state index in [9.17, 15) is 8.42 Å². The van der Waals surface area contributed by atoms with Gasteiger partial charge in [-0.15, -0.1) is 0 Å². The Bertz CT molecular complexity index is 365. The molecular weight excluding hydrogens is 328 g/mol. The van der Waals surface area contributed by atoms with Crippen LogP contribution in [-0.2, 0) is 10.2 Å². The van der Waals surface area contributed by atoms with Crippen LogP contribution in [0.1, 0.15) is 51.4 Å². The molecule has 0 N–H and O–H groups in total. The van der Waals surface area contributed by atoms with Gasteiger partial charge in [-0.3, -0.25) is 0 Å². The first-order chi connectivity index (χ1) is 9.16. The number of rotatable bonds is 4. The molecule has 0 aromatic rings. The quantitative estimate of drug-likeness (QED) is 0.729. The Hall–Kier alpha value is 0.350. The molecule has 2 heterocycles. The van der Waals surface area contributed by atoms with Crippen molar-refractivity contribution in [3.05, 3.63) is 0 Å². The van der Waals surface area contributed by atoms with Crippen molar-refractivity contribution in [2.75, 3.05) is 25.0 Å². The van der Waals surface area contributed by atoms with Gasteiger partial charge in [-0.1, -0.05) is 35.2 Å². The van der Waals surface area contributed by atoms with E-state index in [0.29, 0.717) is 19.6 Å². The highest BCUT2D eigenvalue weighted by Gasteiger charge is 2.36. The van der Waals surface area contributed by atoms with Crippen LogP contribution in [0.2, 0.25) is 0 Å². The second-order valence-electron chi connectivity index (χ2n) is 5.56. The van der Waals surface area contributed by atoms with Gasteiger partial charge in [0.15, 0.2) is 0 Å². The van der Waals surface area contributed by atoms with Crippen molar-refractivity contribution < 1.29 is 8.42 Å². The summed E-state index contributed by atoms with van der Waals surface area (Å²) < 4.78 is 29.1. The van der Waals surface area contributed by atoms with Gasteiger partial charge >= 0.3 is 0 Å². The molecule has 2 fully saturated rings. The normalized spacial score (nSPS) is 28.2. The van der Waals surface area contributed by atoms with Gasteiger partial charge in [0.25, 0.3) is 10.2 Å². The summed E-state index contributed by atoms with van der Waals surface area (Å²) in [6, 6.07) is 0.196. The van der Waals surface area contributed by atoms with Crippen LogP contribution in [0.4, 0.5) is 0 Å². The molecule has 0 saturated carbocycles. The Morgan fingerprint density at radius 2 is 1.58 bits per heavy atom. The van der Waals surface area contributed by atoms with Gasteiger partial charge < -0.3 is 0 Å². The number of hydrogen-bond donors (Lipinski definition) is 0. The molecule has 1 atom stereocenters. The molecule has 4 nitrogen and oxygen atoms in total. The summed E-state index contributed by atoms with van der Waals surface area (Å²) in [6.07, 6.45) is 8.45. The highest BCUT2D eigenvalue weighted by molar-refractivity contribution is 9.09. The van der Waals surface area contributed by atoms with Crippen molar-refractivity contribution in [1.82, 2.24) is 8.61 Å². The summed E-state index contributed by atoms with van der Waals surface area (Å²) in [5.41, 5.74) is 0. The second-order valence-corrected chi connectivity index (χ2v) is 8.23. The zero-order valence-electron chi connectivity index (χ0n) is 11.6. The van der Waals surface area contributed by atoms with Gasteiger partial charge in [-0.25, -0.2) is 0 Å². The van der Waals surface area contributed by atoms with Crippen LogP contribution in [0, 0.1) is 0 Å². The number of halogens is 1. The van der Waals surface area contributed by atoms with Gasteiger partial charge in [0, 0.05) is 31.0 Å². The maximum absolute atomic E-state index is 12.8. The molecule has 6 heteroatoms. The summed E-state index contributed by atoms with van der Waals surface area (Å²) in [5, 5.41) is 0.879. The molecule has 2 rings (SSSR count). The second kappa shape index (κ2) is 7.38. The molecule has 2 saturated heterocycles. The van der Waals surface area contributed by atoms with Crippen LogP contribution in [0.3, 0.4) is 0 Å². The van der Waals surface area contributed by atoms with E-state index < -0.39 is 10.2 Å². The van der Waals surface area contributed by atoms with Crippen LogP contribution in [0.15, 0.2) is 0 Å². The standard InChI is InChI=1S/C13H25BrN2O2S/c14-9-8-13-7-3-6-12-16(13)19(17,18)15-10-4-1-2-5-11-15/h13H,1-12H2. The van der Waals surface area contributed by atoms with Crippen molar-refractivity contribution in [2.24, 2.45) is 0 Å². The molecule has 2 aliphatic heterocycles. The fourth-order valence-corrected chi connectivity index (χ4v) is 5.61. The highest BCUT2D eigenvalue weighted by atomic mass is 79.9. The number of hydrogen-bond acceptors (Lipinski definition) is 2. The van der Waals surface area contributed by atoms with E-state index in [-0.39, 0.29) is 6.04 Å². The Labute approximate surface area is 125 Å². The van der Waals surface area contributed by atoms with Gasteiger partial charge in [0.1, 0.15) is 0 Å². The molecule has 0 aliphatic carbocycles. The Balaban J connectivity index is 2.11. The summed E-state index contributed by atoms with van der Waals surface area (Å²) in [6.45, 7) is 2.12. The Morgan fingerprint density at radius 1 is 0.947 bits per heavy atom. The van der Waals surface area contributed by atoms with Crippen LogP contribution < -0.4 is 0 Å². The molecule has 19 heavy (non-hydrogen) atoms. The lowest BCUT2D eigenvalue weighted by molar-refractivity contribution is 0.228. The largest absolute Gasteiger partial charge is 0.282 e. The minimum absolute atomic E-state index is 0.196. The minimum atomic E-state index is -3.23. The molecule has 112 valence electrons. The van der Waals surface area contributed by atoms with E-state index in [0.717, 1.165) is 56.7 Å². The first kappa shape index (κ1) is 15.7. The fourth-order valence-electron chi connectivity index (χ4n) is 3.11. The van der Waals surface area contributed by atoms with Crippen LogP contribution in [0.25, 0.3) is 0 Å². The van der Waals surface area contributed by atoms with Crippen molar-refractivity contribution in [3.63, 3.8) is 0 Å². The number of alkyl halides is 1. The predicted molar refractivity (Wildman–Crippen MR) is 81.7 cm³/mol. The SMILES string of the molecule is O=S(=O)(N1CCCCCC1)N1CCCCC1CCBr. The van der Waals surface area contributed by atoms with Crippen molar-refractivity contribution in [1.29, 1.82) is 0 Å². The summed E-state index contributed by atoms with van der Waals surface area (Å²) >= 11 is 3.45. The summed E-state index contributed by atoms with van der Waals surface area (Å²) in [7, 11) is -3.23. The zero-order valence-corrected chi connectivity index (χ0v) is 14.0. The maximum atomic E-state index is 12.8. The van der Waals surface area contributed by atoms with Crippen LogP contribution >= 0.6 is 15.9 Å². The monoisotopic (exact) mass is 352 g/mol. The van der Waals surface area contributed by atoms with Crippen LogP contribution in [-0.4, -0.2) is 48.0 Å². The average molecular weight is 353 g/mol. The number of piperidine rings is 1. The molecular formula is C13H25BrN2O2S. The van der Waals surface area contributed by atoms with E-state index in [1.54, 1.807) is 8.61 Å². The minimum Gasteiger partial charge on any atom is -0.195 e. The van der Waals surface area contributed by atoms with E-state index in [1.165, 1.54) is 0 Å². The first-order valence-corrected chi connectivity index (χ1v) is 10.0. The first-order valence-electron chi connectivity index (χ1n) is 7.49. The van der Waals surface area contributed by atoms with Gasteiger partial charge in [0.2, 0.25) is 0 Å². The summed E-state index contributed by atoms with van der Waals surface area (Å²) in [5.74, 6) is 0. The van der Waals surface area contributed by atoms with Crippen molar-refractivity contribution in [2.45, 2.75) is 57.4 Å². The molecule has 0 aromatic carbocycles. The Kier molecular flexibility index (Phi) is 6.11. The molecule has 0 spiro atoms. The van der Waals surface area contributed by atoms with Crippen molar-refractivity contribution >= 4 is 26.1 Å². The average Bonchev–Trinajstić information content (AvgIpc) is 2.69. The lowest BCUT2D eigenvalue weighted by atomic mass is 10.0. The van der Waals surface area contributed by atoms with Crippen molar-refractivity contribution in [3.8, 4) is 0 Å². The highest BCUT2D eigenvalue weighted by Crippen LogP contribution is 2.26. The third kappa shape index (κ3) is 3.93.